The summed E-state index contributed by atoms with van der Waals surface area (Å²) in [7, 11) is 1.91. The van der Waals surface area contributed by atoms with E-state index in [1.54, 1.807) is 37.3 Å². The van der Waals surface area contributed by atoms with Crippen molar-refractivity contribution in [1.82, 2.24) is 15.5 Å². The van der Waals surface area contributed by atoms with Crippen LogP contribution in [0.1, 0.15) is 58.1 Å². The largest absolute Gasteiger partial charge is 0.444 e. The monoisotopic (exact) mass is 596 g/mol. The standard InChI is InChI=1S/C31H44N6O6/c1-20(2)28(21(3)38)37(5)18-24-9-8-10-26(17-24)36-31(42)43-19-23-12-14-25(15-13-23)35-29(40)27(34-22(4)39)11-6-7-16-33-30(32)41/h8-10,12-15,17,20,27-28H,6-7,11,16,18-19H2,1-5H3,(H,34,39)(H,35,40)(H,36,42)(H3,32,33,41)/t27-,28-/m0/s1. The number of hydrogen-bond donors (Lipinski definition) is 5. The summed E-state index contributed by atoms with van der Waals surface area (Å²) >= 11 is 0. The van der Waals surface area contributed by atoms with E-state index in [4.69, 9.17) is 10.5 Å². The average molecular weight is 597 g/mol. The van der Waals surface area contributed by atoms with Crippen molar-refractivity contribution in [2.24, 2.45) is 11.7 Å². The molecule has 2 rings (SSSR count). The second kappa shape index (κ2) is 17.5. The first-order valence-electron chi connectivity index (χ1n) is 14.3. The Morgan fingerprint density at radius 2 is 1.60 bits per heavy atom. The normalized spacial score (nSPS) is 12.3. The minimum Gasteiger partial charge on any atom is -0.444 e. The average Bonchev–Trinajstić information content (AvgIpc) is 2.91. The predicted octanol–water partition coefficient (Wildman–Crippen LogP) is 3.76. The van der Waals surface area contributed by atoms with Crippen LogP contribution in [0.25, 0.3) is 0 Å². The number of nitrogens with one attached hydrogen (secondary N) is 4. The van der Waals surface area contributed by atoms with Crippen LogP contribution in [0.4, 0.5) is 21.0 Å². The van der Waals surface area contributed by atoms with Gasteiger partial charge in [-0.3, -0.25) is 24.6 Å². The Morgan fingerprint density at radius 3 is 2.21 bits per heavy atom. The number of rotatable bonds is 16. The number of ether oxygens (including phenoxy) is 1. The Morgan fingerprint density at radius 1 is 0.907 bits per heavy atom. The molecule has 0 bridgehead atoms. The molecule has 0 fully saturated rings. The Labute approximate surface area is 253 Å². The Balaban J connectivity index is 1.86. The van der Waals surface area contributed by atoms with Crippen LogP contribution in [0.3, 0.4) is 0 Å². The number of unbranched alkanes of at least 4 members (excludes halogenated alkanes) is 1. The van der Waals surface area contributed by atoms with Crippen LogP contribution in [0.2, 0.25) is 0 Å². The van der Waals surface area contributed by atoms with Gasteiger partial charge in [0.15, 0.2) is 0 Å². The van der Waals surface area contributed by atoms with Crippen molar-refractivity contribution in [3.05, 3.63) is 59.7 Å². The number of anilines is 2. The molecule has 12 heteroatoms. The third-order valence-electron chi connectivity index (χ3n) is 6.63. The molecule has 234 valence electrons. The van der Waals surface area contributed by atoms with E-state index in [1.165, 1.54) is 6.92 Å². The topological polar surface area (TPSA) is 172 Å². The minimum absolute atomic E-state index is 0.0189. The van der Waals surface area contributed by atoms with Crippen LogP contribution in [0.15, 0.2) is 48.5 Å². The van der Waals surface area contributed by atoms with E-state index >= 15 is 0 Å². The molecule has 0 aliphatic carbocycles. The number of nitrogens with two attached hydrogens (primary N) is 1. The minimum atomic E-state index is -0.734. The first-order chi connectivity index (χ1) is 20.3. The van der Waals surface area contributed by atoms with Crippen molar-refractivity contribution in [3.8, 4) is 0 Å². The number of carbonyl (C=O) groups excluding carboxylic acids is 5. The summed E-state index contributed by atoms with van der Waals surface area (Å²) in [5.41, 5.74) is 7.81. The van der Waals surface area contributed by atoms with Gasteiger partial charge in [0.25, 0.3) is 0 Å². The number of likely N-dealkylation sites (N-methyl/N-ethyl adjacent to an activating group) is 1. The van der Waals surface area contributed by atoms with E-state index in [2.05, 4.69) is 21.3 Å². The predicted molar refractivity (Wildman–Crippen MR) is 165 cm³/mol. The lowest BCUT2D eigenvalue weighted by Crippen LogP contribution is -2.43. The van der Waals surface area contributed by atoms with Crippen molar-refractivity contribution in [2.45, 2.75) is 72.2 Å². The quantitative estimate of drug-likeness (QED) is 0.184. The molecule has 6 N–H and O–H groups in total. The zero-order valence-corrected chi connectivity index (χ0v) is 25.6. The van der Waals surface area contributed by atoms with Gasteiger partial charge < -0.3 is 26.4 Å². The maximum atomic E-state index is 12.8. The van der Waals surface area contributed by atoms with Crippen LogP contribution < -0.4 is 27.0 Å². The van der Waals surface area contributed by atoms with Crippen LogP contribution >= 0.6 is 0 Å². The molecule has 2 atom stereocenters. The van der Waals surface area contributed by atoms with Gasteiger partial charge in [0, 0.05) is 31.4 Å². The highest BCUT2D eigenvalue weighted by Crippen LogP contribution is 2.18. The first-order valence-corrected chi connectivity index (χ1v) is 14.3. The van der Waals surface area contributed by atoms with Crippen LogP contribution in [0.5, 0.6) is 0 Å². The maximum Gasteiger partial charge on any atom is 0.411 e. The van der Waals surface area contributed by atoms with Crippen LogP contribution in [-0.4, -0.2) is 60.3 Å². The van der Waals surface area contributed by atoms with Crippen LogP contribution in [0, 0.1) is 5.92 Å². The van der Waals surface area contributed by atoms with E-state index in [1.807, 2.05) is 44.0 Å². The van der Waals surface area contributed by atoms with Gasteiger partial charge in [-0.2, -0.15) is 0 Å². The van der Waals surface area contributed by atoms with E-state index < -0.39 is 18.2 Å². The Kier molecular flexibility index (Phi) is 14.1. The molecule has 0 aromatic heterocycles. The lowest BCUT2D eigenvalue weighted by Gasteiger charge is -2.29. The number of primary amides is 1. The third-order valence-corrected chi connectivity index (χ3v) is 6.63. The van der Waals surface area contributed by atoms with Gasteiger partial charge in [-0.25, -0.2) is 9.59 Å². The smallest absolute Gasteiger partial charge is 0.411 e. The molecule has 0 aliphatic heterocycles. The number of Topliss-reactive ketones (excluding diaryl/α,β-unsaturated/α-hetero) is 1. The molecule has 0 heterocycles. The molecular formula is C31H44N6O6. The highest BCUT2D eigenvalue weighted by atomic mass is 16.5. The second-order valence-corrected chi connectivity index (χ2v) is 10.8. The van der Waals surface area contributed by atoms with Crippen LogP contribution in [-0.2, 0) is 32.3 Å². The van der Waals surface area contributed by atoms with Gasteiger partial charge in [-0.05, 0) is 74.5 Å². The summed E-state index contributed by atoms with van der Waals surface area (Å²) in [6.45, 7) is 7.93. The number of hydrogen-bond acceptors (Lipinski definition) is 7. The fourth-order valence-electron chi connectivity index (χ4n) is 4.84. The van der Waals surface area contributed by atoms with E-state index in [0.29, 0.717) is 49.3 Å². The van der Waals surface area contributed by atoms with Crippen molar-refractivity contribution in [1.29, 1.82) is 0 Å². The van der Waals surface area contributed by atoms with Crippen molar-refractivity contribution in [3.63, 3.8) is 0 Å². The molecule has 5 amide bonds. The zero-order chi connectivity index (χ0) is 31.9. The van der Waals surface area contributed by atoms with E-state index in [-0.39, 0.29) is 36.2 Å². The summed E-state index contributed by atoms with van der Waals surface area (Å²) < 4.78 is 5.36. The molecule has 0 unspecified atom stereocenters. The fourth-order valence-corrected chi connectivity index (χ4v) is 4.84. The molecule has 43 heavy (non-hydrogen) atoms. The number of carbonyl (C=O) groups is 5. The fraction of sp³-hybridized carbons (Fsp3) is 0.452. The second-order valence-electron chi connectivity index (χ2n) is 10.8. The summed E-state index contributed by atoms with van der Waals surface area (Å²) in [5, 5.41) is 10.6. The molecule has 0 aliphatic rings. The SMILES string of the molecule is CC(=O)N[C@@H](CCCCNC(N)=O)C(=O)Nc1ccc(COC(=O)Nc2cccc(CN(C)[C@H](C(C)=O)C(C)C)c2)cc1. The van der Waals surface area contributed by atoms with E-state index in [0.717, 1.165) is 5.56 Å². The molecule has 12 nitrogen and oxygen atoms in total. The van der Waals surface area contributed by atoms with Gasteiger partial charge in [0.2, 0.25) is 11.8 Å². The van der Waals surface area contributed by atoms with Gasteiger partial charge in [-0.15, -0.1) is 0 Å². The first kappa shape index (κ1) is 34.7. The van der Waals surface area contributed by atoms with Crippen molar-refractivity contribution < 1.29 is 28.7 Å². The molecule has 2 aromatic carbocycles. The highest BCUT2D eigenvalue weighted by molar-refractivity contribution is 5.97. The van der Waals surface area contributed by atoms with Crippen molar-refractivity contribution in [2.75, 3.05) is 24.2 Å². The number of benzene rings is 2. The molecule has 2 aromatic rings. The third kappa shape index (κ3) is 12.9. The van der Waals surface area contributed by atoms with E-state index in [9.17, 15) is 24.0 Å². The molecule has 0 saturated carbocycles. The molecule has 0 saturated heterocycles. The maximum absolute atomic E-state index is 12.8. The number of amides is 5. The lowest BCUT2D eigenvalue weighted by atomic mass is 9.99. The van der Waals surface area contributed by atoms with Gasteiger partial charge in [0.05, 0.1) is 6.04 Å². The number of nitrogens with zero attached hydrogens (tertiary/aromatic N) is 1. The summed E-state index contributed by atoms with van der Waals surface area (Å²) in [4.78, 5) is 61.6. The number of urea groups is 1. The van der Waals surface area contributed by atoms with Gasteiger partial charge in [0.1, 0.15) is 18.4 Å². The Bertz CT molecular complexity index is 1250. The zero-order valence-electron chi connectivity index (χ0n) is 25.6. The summed E-state index contributed by atoms with van der Waals surface area (Å²) in [5.74, 6) is -0.397. The van der Waals surface area contributed by atoms with Gasteiger partial charge in [-0.1, -0.05) is 38.1 Å². The lowest BCUT2D eigenvalue weighted by molar-refractivity contribution is -0.125. The highest BCUT2D eigenvalue weighted by Gasteiger charge is 2.23. The Hall–Kier alpha value is -4.45. The summed E-state index contributed by atoms with van der Waals surface area (Å²) in [6, 6.07) is 12.7. The molecule has 0 spiro atoms. The van der Waals surface area contributed by atoms with Gasteiger partial charge >= 0.3 is 12.1 Å². The molecular weight excluding hydrogens is 552 g/mol. The molecule has 0 radical (unpaired) electrons. The number of ketones is 1. The summed E-state index contributed by atoms with van der Waals surface area (Å²) in [6.07, 6.45) is 0.980. The van der Waals surface area contributed by atoms with Crippen molar-refractivity contribution >= 4 is 41.1 Å².